The molecule has 7 heteroatoms. The van der Waals surface area contributed by atoms with Crippen LogP contribution in [-0.4, -0.2) is 36.3 Å². The third-order valence-corrected chi connectivity index (χ3v) is 4.02. The molecule has 3 rings (SSSR count). The summed E-state index contributed by atoms with van der Waals surface area (Å²) in [5, 5.41) is 4.95. The molecule has 2 heterocycles. The average Bonchev–Trinajstić information content (AvgIpc) is 3.22. The molecule has 0 saturated heterocycles. The third kappa shape index (κ3) is 3.26. The van der Waals surface area contributed by atoms with Gasteiger partial charge in [-0.3, -0.25) is 0 Å². The number of amides is 1. The van der Waals surface area contributed by atoms with E-state index in [1.165, 1.54) is 4.90 Å². The van der Waals surface area contributed by atoms with Crippen molar-refractivity contribution in [3.05, 3.63) is 41.6 Å². The van der Waals surface area contributed by atoms with Gasteiger partial charge in [0.15, 0.2) is 0 Å². The fourth-order valence-corrected chi connectivity index (χ4v) is 2.61. The summed E-state index contributed by atoms with van der Waals surface area (Å²) in [4.78, 5) is 17.6. The molecule has 1 atom stereocenters. The van der Waals surface area contributed by atoms with Crippen molar-refractivity contribution in [1.29, 1.82) is 0 Å². The molecule has 0 aliphatic carbocycles. The van der Waals surface area contributed by atoms with E-state index in [0.29, 0.717) is 12.4 Å². The second-order valence-corrected chi connectivity index (χ2v) is 5.74. The van der Waals surface area contributed by atoms with Crippen LogP contribution in [0.3, 0.4) is 0 Å². The van der Waals surface area contributed by atoms with Gasteiger partial charge in [-0.15, -0.1) is 0 Å². The van der Waals surface area contributed by atoms with Gasteiger partial charge in [0.25, 0.3) is 0 Å². The Morgan fingerprint density at radius 2 is 2.29 bits per heavy atom. The van der Waals surface area contributed by atoms with E-state index in [1.54, 1.807) is 6.91 Å². The molecule has 24 heavy (non-hydrogen) atoms. The van der Waals surface area contributed by atoms with Gasteiger partial charge in [-0.2, -0.15) is 0 Å². The van der Waals surface area contributed by atoms with E-state index in [9.17, 15) is 4.79 Å². The van der Waals surface area contributed by atoms with Gasteiger partial charge >= 0.3 is 140 Å². The van der Waals surface area contributed by atoms with E-state index in [4.69, 9.17) is 9.26 Å². The number of anilines is 1. The topological polar surface area (TPSA) is 71.4 Å². The number of aromatic amines is 1. The molecule has 0 spiro atoms. The van der Waals surface area contributed by atoms with Gasteiger partial charge in [0, 0.05) is 0 Å². The predicted molar refractivity (Wildman–Crippen MR) is 93.3 cm³/mol. The number of hydrogen-bond acceptors (Lipinski definition) is 4. The van der Waals surface area contributed by atoms with E-state index in [1.807, 2.05) is 51.2 Å². The molecule has 3 aromatic rings. The number of fused-ring (bicyclic) bond motifs is 1. The van der Waals surface area contributed by atoms with Crippen LogP contribution in [0.1, 0.15) is 30.9 Å². The number of nitrogens with zero attached hydrogens (tertiary/aromatic N) is 2. The van der Waals surface area contributed by atoms with Crippen molar-refractivity contribution in [2.24, 2.45) is 0 Å². The number of rotatable bonds is 6. The first-order valence-electron chi connectivity index (χ1n) is 7.99. The number of aromatic nitrogens is 2. The Bertz CT molecular complexity index is 842. The zero-order valence-electron chi connectivity index (χ0n) is 14.1. The van der Waals surface area contributed by atoms with Gasteiger partial charge in [-0.05, 0) is 0 Å². The summed E-state index contributed by atoms with van der Waals surface area (Å²) in [6.45, 7) is 7.98. The van der Waals surface area contributed by atoms with E-state index in [0.717, 1.165) is 22.1 Å². The zero-order chi connectivity index (χ0) is 17.1. The summed E-state index contributed by atoms with van der Waals surface area (Å²) in [6.07, 6.45) is 1.89. The van der Waals surface area contributed by atoms with Crippen LogP contribution in [0, 0.1) is 6.92 Å². The molecule has 0 aliphatic heterocycles. The second-order valence-electron chi connectivity index (χ2n) is 5.74. The molecule has 1 aromatic carbocycles. The minimum absolute atomic E-state index is 0.0884. The summed E-state index contributed by atoms with van der Waals surface area (Å²) in [5.74, 6) is -0.00910. The van der Waals surface area contributed by atoms with E-state index in [-0.39, 0.29) is 18.6 Å². The number of ether oxygens (including phenoxy) is 1. The van der Waals surface area contributed by atoms with Crippen molar-refractivity contribution in [3.63, 3.8) is 0 Å². The van der Waals surface area contributed by atoms with Crippen LogP contribution in [0.25, 0.3) is 10.9 Å². The molecule has 6 nitrogen and oxygen atoms in total. The molecule has 0 fully saturated rings. The van der Waals surface area contributed by atoms with E-state index < -0.39 is 0 Å². The number of carbonyl (C=O) groups excluding carboxylic acids is 1. The summed E-state index contributed by atoms with van der Waals surface area (Å²) in [7, 11) is 0. The maximum atomic E-state index is 13.0. The number of aryl methyl sites for hydroxylation is 1. The number of nitrogens with one attached hydrogen (secondary N) is 1. The quantitative estimate of drug-likeness (QED) is 0.707. The predicted octanol–water partition coefficient (Wildman–Crippen LogP) is 2.93. The van der Waals surface area contributed by atoms with E-state index in [2.05, 4.69) is 10.1 Å². The van der Waals surface area contributed by atoms with Crippen molar-refractivity contribution in [1.82, 2.24) is 10.1 Å². The number of benzene rings is 1. The summed E-state index contributed by atoms with van der Waals surface area (Å²) >= 11 is 0. The standard InChI is InChI=1S/C17H20BN3O3/c1-4-23-10-21(17-18-12(3)20-24-17)16(22)11(2)13-5-6-15-14(9-13)7-8-19-15/h5-9,11,19H,4,10H2,1-3H3. The Kier molecular flexibility index (Phi) is 4.80. The molecule has 0 radical (unpaired) electrons. The van der Waals surface area contributed by atoms with Gasteiger partial charge in [-0.1, -0.05) is 0 Å². The van der Waals surface area contributed by atoms with Crippen LogP contribution in [0.5, 0.6) is 0 Å². The Morgan fingerprint density at radius 1 is 1.46 bits per heavy atom. The van der Waals surface area contributed by atoms with Crippen LogP contribution in [0.15, 0.2) is 35.0 Å². The third-order valence-electron chi connectivity index (χ3n) is 4.02. The van der Waals surface area contributed by atoms with Crippen molar-refractivity contribution in [2.75, 3.05) is 18.2 Å². The Hall–Kier alpha value is -2.41. The number of hydrogen-bond donors (Lipinski definition) is 1. The summed E-state index contributed by atoms with van der Waals surface area (Å²) in [5.41, 5.74) is 2.72. The molecule has 124 valence electrons. The van der Waals surface area contributed by atoms with Gasteiger partial charge in [0.2, 0.25) is 0 Å². The zero-order valence-corrected chi connectivity index (χ0v) is 14.1. The first-order chi connectivity index (χ1) is 11.6. The summed E-state index contributed by atoms with van der Waals surface area (Å²) in [6, 6.07) is 7.97. The molecule has 0 aliphatic rings. The van der Waals surface area contributed by atoms with Crippen molar-refractivity contribution < 1.29 is 14.1 Å². The summed E-state index contributed by atoms with van der Waals surface area (Å²) < 4.78 is 10.7. The van der Waals surface area contributed by atoms with Crippen LogP contribution < -0.4 is 4.90 Å². The molecule has 1 amide bonds. The first kappa shape index (κ1) is 16.5. The van der Waals surface area contributed by atoms with Crippen LogP contribution in [-0.2, 0) is 9.53 Å². The first-order valence-corrected chi connectivity index (χ1v) is 7.99. The number of H-pyrrole nitrogens is 1. The molecule has 0 saturated carbocycles. The monoisotopic (exact) mass is 325 g/mol. The fourth-order valence-electron chi connectivity index (χ4n) is 2.61. The SMILES string of the molecule is CCOCN(C(=O)C(C)c1ccc2[nH]ccc2c1)c1bc(C)no1. The second kappa shape index (κ2) is 7.01. The number of carbonyl (C=O) groups is 1. The Morgan fingerprint density at radius 3 is 3.00 bits per heavy atom. The van der Waals surface area contributed by atoms with Crippen molar-refractivity contribution >= 4 is 29.5 Å². The fraction of sp³-hybridized carbons (Fsp3) is 0.353. The average molecular weight is 325 g/mol. The minimum atomic E-state index is -0.324. The molecular weight excluding hydrogens is 305 g/mol. The van der Waals surface area contributed by atoms with Crippen molar-refractivity contribution in [2.45, 2.75) is 26.7 Å². The van der Waals surface area contributed by atoms with Crippen LogP contribution >= 0.6 is 0 Å². The van der Waals surface area contributed by atoms with Gasteiger partial charge in [0.1, 0.15) is 0 Å². The van der Waals surface area contributed by atoms with Crippen molar-refractivity contribution in [3.8, 4) is 0 Å². The van der Waals surface area contributed by atoms with Gasteiger partial charge < -0.3 is 0 Å². The normalized spacial score (nSPS) is 12.3. The van der Waals surface area contributed by atoms with E-state index >= 15 is 0 Å². The maximum absolute atomic E-state index is 13.0. The van der Waals surface area contributed by atoms with Gasteiger partial charge in [0.05, 0.1) is 0 Å². The van der Waals surface area contributed by atoms with Gasteiger partial charge in [-0.25, -0.2) is 0 Å². The molecule has 1 unspecified atom stereocenters. The molecule has 0 bridgehead atoms. The molecular formula is C17H20BN3O3. The molecule has 2 aromatic heterocycles. The Labute approximate surface area is 141 Å². The molecule has 1 N–H and O–H groups in total. The van der Waals surface area contributed by atoms with Crippen LogP contribution in [0.2, 0.25) is 0 Å². The Balaban J connectivity index is 1.87. The van der Waals surface area contributed by atoms with Crippen LogP contribution in [0.4, 0.5) is 5.78 Å².